The van der Waals surface area contributed by atoms with E-state index in [-0.39, 0.29) is 52.0 Å². The summed E-state index contributed by atoms with van der Waals surface area (Å²) in [5, 5.41) is 1.89. The van der Waals surface area contributed by atoms with Gasteiger partial charge in [0.1, 0.15) is 0 Å². The highest BCUT2D eigenvalue weighted by molar-refractivity contribution is 7.91. The first kappa shape index (κ1) is 95.3. The summed E-state index contributed by atoms with van der Waals surface area (Å²) in [5.74, 6) is 1.96. The molecule has 0 spiro atoms. The van der Waals surface area contributed by atoms with Crippen LogP contribution in [-0.2, 0) is 9.84 Å². The largest absolute Gasteiger partial charge is 0.449 e. The van der Waals surface area contributed by atoms with Crippen LogP contribution in [0.5, 0.6) is 0 Å². The number of ketones is 7. The molecule has 0 unspecified atom stereocenters. The van der Waals surface area contributed by atoms with Crippen molar-refractivity contribution < 1.29 is 46.4 Å². The number of carbonyl (C=O) groups excluding carboxylic acids is 7. The zero-order valence-electron chi connectivity index (χ0n) is 76.9. The van der Waals surface area contributed by atoms with Gasteiger partial charge in [0.2, 0.25) is 21.4 Å². The van der Waals surface area contributed by atoms with E-state index >= 15 is 0 Å². The first-order chi connectivity index (χ1) is 64.4. The first-order valence-corrected chi connectivity index (χ1v) is 45.4. The zero-order valence-corrected chi connectivity index (χ0v) is 77.7. The molecule has 16 aromatic carbocycles. The molecule has 0 saturated heterocycles. The van der Waals surface area contributed by atoms with Gasteiger partial charge in [0.15, 0.2) is 57.9 Å². The molecule has 13 nitrogen and oxygen atoms in total. The number of hydrogen-bond donors (Lipinski definition) is 0. The van der Waals surface area contributed by atoms with Crippen molar-refractivity contribution in [2.45, 2.75) is 92.9 Å². The molecule has 0 N–H and O–H groups in total. The Balaban J connectivity index is 0.000000138. The van der Waals surface area contributed by atoms with Crippen LogP contribution in [0.4, 0.5) is 0 Å². The summed E-state index contributed by atoms with van der Waals surface area (Å²) < 4.78 is 30.0. The molecule has 0 radical (unpaired) electrons. The Kier molecular flexibility index (Phi) is 31.5. The molecule has 0 aliphatic carbocycles. The lowest BCUT2D eigenvalue weighted by Gasteiger charge is -2.08. The van der Waals surface area contributed by atoms with Crippen molar-refractivity contribution in [3.63, 3.8) is 0 Å². The molecule has 0 bridgehead atoms. The van der Waals surface area contributed by atoms with Crippen LogP contribution in [0.2, 0.25) is 0 Å². The Hall–Kier alpha value is -16.3. The van der Waals surface area contributed by atoms with Gasteiger partial charge in [0.25, 0.3) is 0 Å². The second kappa shape index (κ2) is 44.3. The highest BCUT2D eigenvalue weighted by atomic mass is 32.2. The maximum Gasteiger partial charge on any atom is 0.228 e. The van der Waals surface area contributed by atoms with Crippen molar-refractivity contribution in [2.75, 3.05) is 0 Å². The fourth-order valence-corrected chi connectivity index (χ4v) is 15.2. The number of benzene rings is 16. The molecule has 14 heteroatoms. The highest BCUT2D eigenvalue weighted by Crippen LogP contribution is 2.29. The van der Waals surface area contributed by atoms with E-state index in [1.165, 1.54) is 22.3 Å². The highest BCUT2D eigenvalue weighted by Gasteiger charge is 2.22. The van der Waals surface area contributed by atoms with E-state index < -0.39 is 9.84 Å². The minimum atomic E-state index is -3.37. The minimum Gasteiger partial charge on any atom is -0.449 e. The Labute approximate surface area is 783 Å². The predicted octanol–water partition coefficient (Wildman–Crippen LogP) is 27.2. The lowest BCUT2D eigenvalue weighted by molar-refractivity contribution is 0.0980. The van der Waals surface area contributed by atoms with Crippen molar-refractivity contribution >= 4 is 61.1 Å². The third kappa shape index (κ3) is 25.4. The average molecular weight is 1780 g/mol. The number of rotatable bonds is 19. The number of carbonyl (C=O) groups is 7. The van der Waals surface area contributed by atoms with E-state index in [1.807, 2.05) is 306 Å². The summed E-state index contributed by atoms with van der Waals surface area (Å²) in [6.45, 7) is 23.9. The maximum atomic E-state index is 12.7. The Morgan fingerprint density at radius 2 is 0.358 bits per heavy atom. The van der Waals surface area contributed by atoms with Crippen molar-refractivity contribution in [3.8, 4) is 34.2 Å². The van der Waals surface area contributed by atoms with E-state index in [9.17, 15) is 42.0 Å². The van der Waals surface area contributed by atoms with Gasteiger partial charge in [-0.15, -0.1) is 0 Å². The summed E-state index contributed by atoms with van der Waals surface area (Å²) >= 11 is 0. The number of hydrogen-bond acceptors (Lipinski definition) is 13. The molecule has 0 fully saturated rings. The lowest BCUT2D eigenvalue weighted by atomic mass is 9.96. The van der Waals surface area contributed by atoms with Crippen LogP contribution in [0.3, 0.4) is 0 Å². The Bertz CT molecular complexity index is 6900. The summed E-state index contributed by atoms with van der Waals surface area (Å²) in [6, 6.07) is 121. The molecule has 18 aromatic rings. The van der Waals surface area contributed by atoms with Gasteiger partial charge in [-0.3, -0.25) is 33.6 Å². The monoisotopic (exact) mass is 1780 g/mol. The first-order valence-electron chi connectivity index (χ1n) is 43.9. The fourth-order valence-electron chi connectivity index (χ4n) is 14.0. The number of aryl methyl sites for hydroxylation is 12. The third-order valence-electron chi connectivity index (χ3n) is 22.3. The molecule has 0 amide bonds. The molecule has 0 atom stereocenters. The molecule has 0 aliphatic heterocycles. The average Bonchev–Trinajstić information content (AvgIpc) is 1.03. The smallest absolute Gasteiger partial charge is 0.228 e. The van der Waals surface area contributed by atoms with Crippen molar-refractivity contribution in [2.24, 2.45) is 0 Å². The fraction of sp³-hybridized carbons (Fsp3) is 0.100. The number of furan rings is 1. The quantitative estimate of drug-likeness (QED) is 0.0692. The normalized spacial score (nSPS) is 10.7. The van der Waals surface area contributed by atoms with Crippen LogP contribution in [0.25, 0.3) is 44.9 Å². The Morgan fingerprint density at radius 1 is 0.187 bits per heavy atom. The number of fused-ring (bicyclic) bond motifs is 1. The molecule has 0 saturated carbocycles. The standard InChI is InChI=1S/C26H20O2.C23H19N3.C22H18O2.C20H16O3.C15H14O.C14H14O2S/c1-17-3-7-19(8-4-17)25(27)23-13-11-22-16-24(14-12-21(22)15-23)26(28)20-9-5-18(2)6-10-20;1-16-8-12-19(13-9-16)22-24-21(18-6-4-3-5-7-18)25-23(26-22)20-14-10-17(2)11-15-20;1-15-3-7-17(8-4-15)21(23)19-11-13-20(14-12-19)22(24)18-9-5-16(2)6-10-18;1-13-3-7-15(8-4-13)19(21)17-11-12-18(23-17)20(22)16-9-5-14(2)6-10-16;1-11-3-7-13(8-4-11)15(16)14-9-5-12(2)6-10-14;1-11-3-7-13(8-4-11)17(15,16)14-9-5-12(2)6-10-14/h3-16H,1-2H3;3-15H,1-2H3;3-14H,1-2H3;3-12H,1-2H3;3-10H,1-2H3;3-10H,1-2H3. The van der Waals surface area contributed by atoms with E-state index in [0.29, 0.717) is 82.9 Å². The van der Waals surface area contributed by atoms with Gasteiger partial charge in [0, 0.05) is 83.5 Å². The van der Waals surface area contributed by atoms with E-state index in [2.05, 4.69) is 62.4 Å². The van der Waals surface area contributed by atoms with Gasteiger partial charge >= 0.3 is 0 Å². The predicted molar refractivity (Wildman–Crippen MR) is 536 cm³/mol. The van der Waals surface area contributed by atoms with E-state index in [0.717, 1.165) is 83.1 Å². The van der Waals surface area contributed by atoms with Gasteiger partial charge in [-0.25, -0.2) is 23.4 Å². The molecule has 2 aromatic heterocycles. The van der Waals surface area contributed by atoms with Crippen molar-refractivity contribution in [1.29, 1.82) is 0 Å². The van der Waals surface area contributed by atoms with Crippen LogP contribution in [-0.4, -0.2) is 63.9 Å². The van der Waals surface area contributed by atoms with Gasteiger partial charge in [-0.1, -0.05) is 413 Å². The van der Waals surface area contributed by atoms with Gasteiger partial charge < -0.3 is 4.42 Å². The van der Waals surface area contributed by atoms with Gasteiger partial charge in [0.05, 0.1) is 9.79 Å². The van der Waals surface area contributed by atoms with Crippen LogP contribution in [0.1, 0.15) is 179 Å². The zero-order chi connectivity index (χ0) is 95.1. The molecule has 18 rings (SSSR count). The summed E-state index contributed by atoms with van der Waals surface area (Å²) in [4.78, 5) is 102. The lowest BCUT2D eigenvalue weighted by Crippen LogP contribution is -2.04. The summed E-state index contributed by atoms with van der Waals surface area (Å²) in [5.41, 5.74) is 24.2. The molecule has 662 valence electrons. The second-order valence-corrected chi connectivity index (χ2v) is 35.2. The SMILES string of the molecule is Cc1ccc(-c2nc(-c3ccccc3)nc(-c3ccc(C)cc3)n2)cc1.Cc1ccc(C(=O)c2ccc(C(=O)c3ccc(C)cc3)cc2)cc1.Cc1ccc(C(=O)c2ccc(C(=O)c3ccc(C)cc3)o2)cc1.Cc1ccc(C(=O)c2ccc(C)cc2)cc1.Cc1ccc(C(=O)c2ccc3cc(C(=O)c4ccc(C)cc4)ccc3c2)cc1.Cc1ccc(S(=O)(=O)c2ccc(C)cc2)cc1. The van der Waals surface area contributed by atoms with E-state index in [4.69, 9.17) is 19.4 Å². The summed E-state index contributed by atoms with van der Waals surface area (Å²) in [7, 11) is -3.37. The van der Waals surface area contributed by atoms with Crippen LogP contribution in [0, 0.1) is 83.1 Å². The molecular weight excluding hydrogens is 1680 g/mol. The van der Waals surface area contributed by atoms with E-state index in [1.54, 1.807) is 109 Å². The van der Waals surface area contributed by atoms with Crippen LogP contribution < -0.4 is 0 Å². The maximum absolute atomic E-state index is 12.7. The summed E-state index contributed by atoms with van der Waals surface area (Å²) in [6.07, 6.45) is 0. The van der Waals surface area contributed by atoms with Crippen LogP contribution >= 0.6 is 0 Å². The van der Waals surface area contributed by atoms with Gasteiger partial charge in [-0.2, -0.15) is 0 Å². The Morgan fingerprint density at radius 3 is 0.582 bits per heavy atom. The second-order valence-electron chi connectivity index (χ2n) is 33.3. The van der Waals surface area contributed by atoms with Gasteiger partial charge in [-0.05, 0) is 142 Å². The number of nitrogens with zero attached hydrogens (tertiary/aromatic N) is 3. The molecule has 134 heavy (non-hydrogen) atoms. The molecule has 0 aliphatic rings. The third-order valence-corrected chi connectivity index (χ3v) is 24.1. The number of sulfone groups is 1. The van der Waals surface area contributed by atoms with Crippen molar-refractivity contribution in [1.82, 2.24) is 15.0 Å². The molecule has 2 heterocycles. The van der Waals surface area contributed by atoms with Crippen molar-refractivity contribution in [3.05, 3.63) is 539 Å². The minimum absolute atomic E-state index is 0.00158. The van der Waals surface area contributed by atoms with Crippen LogP contribution in [0.15, 0.2) is 409 Å². The number of aromatic nitrogens is 3. The topological polar surface area (TPSA) is 205 Å². The molecular formula is C120H101N3O10S.